The molecule has 4 rings (SSSR count). The van der Waals surface area contributed by atoms with Gasteiger partial charge in [0.2, 0.25) is 0 Å². The molecule has 3 aromatic carbocycles. The lowest BCUT2D eigenvalue weighted by Gasteiger charge is -2.18. The van der Waals surface area contributed by atoms with Gasteiger partial charge >= 0.3 is 5.97 Å². The van der Waals surface area contributed by atoms with E-state index in [-0.39, 0.29) is 24.7 Å². The molecule has 0 atom stereocenters. The number of hydrogen-bond donors (Lipinski definition) is 0. The van der Waals surface area contributed by atoms with Gasteiger partial charge in [0.05, 0.1) is 41.9 Å². The van der Waals surface area contributed by atoms with Crippen molar-refractivity contribution in [3.8, 4) is 28.6 Å². The molecule has 1 heterocycles. The second-order valence-electron chi connectivity index (χ2n) is 9.73. The number of carbonyl (C=O) groups is 1. The minimum Gasteiger partial charge on any atom is -0.494 e. The summed E-state index contributed by atoms with van der Waals surface area (Å²) in [5, 5.41) is 5.07. The fourth-order valence-electron chi connectivity index (χ4n) is 4.49. The smallest absolute Gasteiger partial charge is 0.344 e. The van der Waals surface area contributed by atoms with Crippen LogP contribution in [0.2, 0.25) is 0 Å². The predicted molar refractivity (Wildman–Crippen MR) is 167 cm³/mol. The Morgan fingerprint density at radius 2 is 1.83 bits per heavy atom. The Balaban J connectivity index is 1.84. The number of hydrogen-bond acceptors (Lipinski definition) is 8. The molecule has 0 aliphatic heterocycles. The van der Waals surface area contributed by atoms with Gasteiger partial charge in [0.15, 0.2) is 23.9 Å². The number of nitrogens with zero attached hydrogens (tertiary/aromatic N) is 3. The summed E-state index contributed by atoms with van der Waals surface area (Å²) in [5.74, 6) is 1.65. The van der Waals surface area contributed by atoms with Crippen LogP contribution in [0.25, 0.3) is 22.3 Å². The summed E-state index contributed by atoms with van der Waals surface area (Å²) in [5.41, 5.74) is 3.61. The van der Waals surface area contributed by atoms with E-state index in [0.717, 1.165) is 22.4 Å². The van der Waals surface area contributed by atoms with Gasteiger partial charge in [-0.1, -0.05) is 26.0 Å². The van der Waals surface area contributed by atoms with Gasteiger partial charge in [-0.15, -0.1) is 0 Å². The second kappa shape index (κ2) is 13.7. The maximum Gasteiger partial charge on any atom is 0.344 e. The molecule has 0 radical (unpaired) electrons. The number of aromatic nitrogens is 2. The topological polar surface area (TPSA) is 101 Å². The first-order valence-corrected chi connectivity index (χ1v) is 14.5. The Kier molecular flexibility index (Phi) is 10.0. The summed E-state index contributed by atoms with van der Waals surface area (Å²) in [7, 11) is 1.50. The molecule has 0 amide bonds. The van der Waals surface area contributed by atoms with Gasteiger partial charge in [0.1, 0.15) is 5.75 Å². The number of ether oxygens (including phenoxy) is 4. The number of carbonyl (C=O) groups excluding carboxylic acids is 1. The third kappa shape index (κ3) is 6.65. The molecule has 0 aliphatic carbocycles. The van der Waals surface area contributed by atoms with E-state index in [0.29, 0.717) is 44.9 Å². The van der Waals surface area contributed by atoms with Gasteiger partial charge < -0.3 is 18.9 Å². The number of esters is 1. The number of aryl methyl sites for hydroxylation is 1. The van der Waals surface area contributed by atoms with Crippen molar-refractivity contribution >= 4 is 39.0 Å². The summed E-state index contributed by atoms with van der Waals surface area (Å²) in [6.07, 6.45) is 1.55. The number of benzene rings is 3. The molecule has 220 valence electrons. The first-order valence-electron chi connectivity index (χ1n) is 13.7. The van der Waals surface area contributed by atoms with Crippen molar-refractivity contribution in [1.29, 1.82) is 0 Å². The van der Waals surface area contributed by atoms with Crippen molar-refractivity contribution in [2.75, 3.05) is 26.9 Å². The highest BCUT2D eigenvalue weighted by molar-refractivity contribution is 9.10. The Bertz CT molecular complexity index is 1700. The number of fused-ring (bicyclic) bond motifs is 1. The zero-order chi connectivity index (χ0) is 30.4. The summed E-state index contributed by atoms with van der Waals surface area (Å²) >= 11 is 3.49. The number of halogens is 1. The zero-order valence-corrected chi connectivity index (χ0v) is 26.1. The first kappa shape index (κ1) is 30.8. The van der Waals surface area contributed by atoms with E-state index in [1.54, 1.807) is 37.4 Å². The zero-order valence-electron chi connectivity index (χ0n) is 24.6. The van der Waals surface area contributed by atoms with E-state index < -0.39 is 5.97 Å². The Labute approximate surface area is 253 Å². The van der Waals surface area contributed by atoms with Gasteiger partial charge in [0, 0.05) is 5.56 Å². The number of rotatable bonds is 11. The van der Waals surface area contributed by atoms with Crippen molar-refractivity contribution in [1.82, 2.24) is 9.66 Å². The fraction of sp³-hybridized carbons (Fsp3) is 0.312. The largest absolute Gasteiger partial charge is 0.494 e. The molecule has 4 aromatic rings. The maximum absolute atomic E-state index is 13.8. The third-order valence-electron chi connectivity index (χ3n) is 6.49. The van der Waals surface area contributed by atoms with E-state index in [4.69, 9.17) is 23.9 Å². The molecule has 9 nitrogen and oxygen atoms in total. The third-order valence-corrected chi connectivity index (χ3v) is 7.08. The quantitative estimate of drug-likeness (QED) is 0.137. The Morgan fingerprint density at radius 3 is 2.52 bits per heavy atom. The number of methoxy groups -OCH3 is 1. The van der Waals surface area contributed by atoms with Crippen molar-refractivity contribution < 1.29 is 23.7 Å². The molecule has 0 N–H and O–H groups in total. The molecule has 0 unspecified atom stereocenters. The standard InChI is InChI=1S/C32H34BrN3O6/c1-7-40-27-13-20(5)24(16-23(27)19(3)4)31-35-26-12-10-9-11-22(26)32(38)36(31)34-17-21-14-25(33)30(28(15-21)39-6)42-18-29(37)41-8-2/h9-17,19H,7-8,18H2,1-6H3. The van der Waals surface area contributed by atoms with Crippen LogP contribution in [-0.4, -0.2) is 48.8 Å². The molecule has 0 saturated heterocycles. The molecule has 1 aromatic heterocycles. The second-order valence-corrected chi connectivity index (χ2v) is 10.6. The van der Waals surface area contributed by atoms with Crippen LogP contribution in [0.3, 0.4) is 0 Å². The van der Waals surface area contributed by atoms with Crippen LogP contribution in [-0.2, 0) is 9.53 Å². The first-order chi connectivity index (χ1) is 20.2. The van der Waals surface area contributed by atoms with Crippen molar-refractivity contribution in [3.63, 3.8) is 0 Å². The summed E-state index contributed by atoms with van der Waals surface area (Å²) in [6.45, 7) is 10.4. The van der Waals surface area contributed by atoms with E-state index in [1.807, 2.05) is 38.1 Å². The van der Waals surface area contributed by atoms with E-state index in [9.17, 15) is 9.59 Å². The maximum atomic E-state index is 13.8. The highest BCUT2D eigenvalue weighted by Crippen LogP contribution is 2.37. The van der Waals surface area contributed by atoms with Crippen LogP contribution in [0.4, 0.5) is 0 Å². The Hall–Kier alpha value is -4.18. The van der Waals surface area contributed by atoms with Gasteiger partial charge in [-0.3, -0.25) is 4.79 Å². The van der Waals surface area contributed by atoms with Crippen LogP contribution in [0, 0.1) is 6.92 Å². The summed E-state index contributed by atoms with van der Waals surface area (Å²) in [6, 6.07) is 14.7. The highest BCUT2D eigenvalue weighted by Gasteiger charge is 2.19. The number of para-hydroxylation sites is 1. The lowest BCUT2D eigenvalue weighted by atomic mass is 9.96. The molecule has 0 aliphatic rings. The van der Waals surface area contributed by atoms with E-state index >= 15 is 0 Å². The molecule has 42 heavy (non-hydrogen) atoms. The summed E-state index contributed by atoms with van der Waals surface area (Å²) in [4.78, 5) is 30.5. The van der Waals surface area contributed by atoms with Crippen molar-refractivity contribution in [2.24, 2.45) is 5.10 Å². The van der Waals surface area contributed by atoms with Crippen LogP contribution < -0.4 is 19.8 Å². The van der Waals surface area contributed by atoms with Crippen LogP contribution >= 0.6 is 15.9 Å². The van der Waals surface area contributed by atoms with Crippen LogP contribution in [0.5, 0.6) is 17.2 Å². The lowest BCUT2D eigenvalue weighted by molar-refractivity contribution is -0.145. The molecule has 0 bridgehead atoms. The minimum absolute atomic E-state index is 0.185. The predicted octanol–water partition coefficient (Wildman–Crippen LogP) is 6.49. The van der Waals surface area contributed by atoms with Crippen molar-refractivity contribution in [3.05, 3.63) is 80.0 Å². The monoisotopic (exact) mass is 635 g/mol. The van der Waals surface area contributed by atoms with Gasteiger partial charge in [-0.2, -0.15) is 9.78 Å². The van der Waals surface area contributed by atoms with Gasteiger partial charge in [0.25, 0.3) is 5.56 Å². The molecule has 10 heteroatoms. The molecule has 0 saturated carbocycles. The van der Waals surface area contributed by atoms with E-state index in [2.05, 4.69) is 34.9 Å². The van der Waals surface area contributed by atoms with Crippen molar-refractivity contribution in [2.45, 2.75) is 40.5 Å². The molecular formula is C32H34BrN3O6. The van der Waals surface area contributed by atoms with Crippen LogP contribution in [0.15, 0.2) is 62.9 Å². The minimum atomic E-state index is -0.488. The van der Waals surface area contributed by atoms with Crippen LogP contribution in [0.1, 0.15) is 50.3 Å². The fourth-order valence-corrected chi connectivity index (χ4v) is 5.06. The van der Waals surface area contributed by atoms with Gasteiger partial charge in [-0.25, -0.2) is 9.78 Å². The normalized spacial score (nSPS) is 11.3. The SMILES string of the molecule is CCOC(=O)COc1c(Br)cc(C=Nn2c(-c3cc(C(C)C)c(OCC)cc3C)nc3ccccc3c2=O)cc1OC. The average molecular weight is 637 g/mol. The average Bonchev–Trinajstić information content (AvgIpc) is 2.96. The molecular weight excluding hydrogens is 602 g/mol. The van der Waals surface area contributed by atoms with E-state index in [1.165, 1.54) is 11.8 Å². The highest BCUT2D eigenvalue weighted by atomic mass is 79.9. The molecule has 0 fully saturated rings. The lowest BCUT2D eigenvalue weighted by Crippen LogP contribution is -2.21. The van der Waals surface area contributed by atoms with Gasteiger partial charge in [-0.05, 0) is 95.7 Å². The Morgan fingerprint density at radius 1 is 1.07 bits per heavy atom. The molecule has 0 spiro atoms. The summed E-state index contributed by atoms with van der Waals surface area (Å²) < 4.78 is 23.9.